The van der Waals surface area contributed by atoms with Gasteiger partial charge in [-0.2, -0.15) is 0 Å². The van der Waals surface area contributed by atoms with Crippen LogP contribution < -0.4 is 4.90 Å². The Morgan fingerprint density at radius 2 is 1.81 bits per heavy atom. The Kier molecular flexibility index (Phi) is 4.49. The van der Waals surface area contributed by atoms with Gasteiger partial charge in [0.2, 0.25) is 0 Å². The average Bonchev–Trinajstić information content (AvgIpc) is 3.20. The molecule has 3 heteroatoms. The molecule has 1 spiro atoms. The fraction of sp³-hybridized carbons (Fsp3) is 0.417. The van der Waals surface area contributed by atoms with E-state index in [1.807, 2.05) is 6.07 Å². The number of benzene rings is 2. The Hall–Kier alpha value is -1.77. The molecule has 0 amide bonds. The van der Waals surface area contributed by atoms with Gasteiger partial charge in [0, 0.05) is 23.8 Å². The third kappa shape index (κ3) is 3.66. The van der Waals surface area contributed by atoms with E-state index >= 15 is 0 Å². The van der Waals surface area contributed by atoms with Crippen LogP contribution in [0.1, 0.15) is 54.9 Å². The molecule has 1 aliphatic carbocycles. The fourth-order valence-corrected chi connectivity index (χ4v) is 4.52. The second kappa shape index (κ2) is 7.00. The average molecular weight is 380 g/mol. The summed E-state index contributed by atoms with van der Waals surface area (Å²) in [6.45, 7) is 2.37. The Morgan fingerprint density at radius 3 is 2.56 bits per heavy atom. The van der Waals surface area contributed by atoms with Crippen molar-refractivity contribution in [3.8, 4) is 0 Å². The zero-order valence-corrected chi connectivity index (χ0v) is 16.4. The molecule has 1 atom stereocenters. The summed E-state index contributed by atoms with van der Waals surface area (Å²) in [5.74, 6) is 0. The first-order chi connectivity index (χ1) is 13.2. The normalized spacial score (nSPS) is 23.1. The van der Waals surface area contributed by atoms with E-state index in [0.29, 0.717) is 0 Å². The highest BCUT2D eigenvalue weighted by atomic mass is 35.5. The second-order valence-electron chi connectivity index (χ2n) is 8.24. The molecule has 1 saturated carbocycles. The number of nitrogens with zero attached hydrogens (tertiary/aromatic N) is 1. The Morgan fingerprint density at radius 1 is 1.04 bits per heavy atom. The van der Waals surface area contributed by atoms with Crippen LogP contribution in [0.4, 0.5) is 5.69 Å². The predicted molar refractivity (Wildman–Crippen MR) is 112 cm³/mol. The van der Waals surface area contributed by atoms with E-state index in [1.54, 1.807) is 0 Å². The maximum absolute atomic E-state index is 6.52. The molecule has 1 saturated heterocycles. The van der Waals surface area contributed by atoms with E-state index in [9.17, 15) is 0 Å². The minimum atomic E-state index is 0.0646. The minimum Gasteiger partial charge on any atom is -0.372 e. The Balaban J connectivity index is 1.34. The van der Waals surface area contributed by atoms with Crippen molar-refractivity contribution in [2.45, 2.75) is 50.2 Å². The molecule has 2 heterocycles. The van der Waals surface area contributed by atoms with Gasteiger partial charge in [0.25, 0.3) is 0 Å². The quantitative estimate of drug-likeness (QED) is 0.597. The van der Waals surface area contributed by atoms with Gasteiger partial charge in [0.05, 0.1) is 5.60 Å². The van der Waals surface area contributed by atoms with Crippen molar-refractivity contribution in [3.63, 3.8) is 0 Å². The van der Waals surface area contributed by atoms with Crippen molar-refractivity contribution in [3.05, 3.63) is 76.3 Å². The van der Waals surface area contributed by atoms with Gasteiger partial charge in [-0.05, 0) is 73.4 Å². The van der Waals surface area contributed by atoms with E-state index in [2.05, 4.69) is 53.5 Å². The van der Waals surface area contributed by atoms with Gasteiger partial charge in [-0.3, -0.25) is 0 Å². The van der Waals surface area contributed by atoms with Crippen LogP contribution >= 0.6 is 11.6 Å². The smallest absolute Gasteiger partial charge is 0.101 e. The molecule has 0 N–H and O–H groups in total. The second-order valence-corrected chi connectivity index (χ2v) is 8.65. The number of hydrogen-bond donors (Lipinski definition) is 0. The molecule has 0 unspecified atom stereocenters. The number of anilines is 1. The van der Waals surface area contributed by atoms with Crippen LogP contribution in [0.25, 0.3) is 0 Å². The van der Waals surface area contributed by atoms with Crippen molar-refractivity contribution in [2.75, 3.05) is 18.0 Å². The zero-order chi connectivity index (χ0) is 18.3. The Labute approximate surface area is 166 Å². The van der Waals surface area contributed by atoms with Crippen molar-refractivity contribution in [1.82, 2.24) is 0 Å². The molecule has 3 aliphatic rings. The van der Waals surface area contributed by atoms with Crippen molar-refractivity contribution >= 4 is 17.3 Å². The summed E-state index contributed by atoms with van der Waals surface area (Å²) in [4.78, 5) is 2.47. The van der Waals surface area contributed by atoms with Crippen molar-refractivity contribution < 1.29 is 4.74 Å². The highest BCUT2D eigenvalue weighted by Gasteiger charge is 2.46. The van der Waals surface area contributed by atoms with E-state index in [4.69, 9.17) is 16.3 Å². The third-order valence-electron chi connectivity index (χ3n) is 6.19. The fourth-order valence-electron chi connectivity index (χ4n) is 4.33. The molecule has 27 heavy (non-hydrogen) atoms. The lowest BCUT2D eigenvalue weighted by molar-refractivity contribution is -0.0141. The highest BCUT2D eigenvalue weighted by Crippen LogP contribution is 2.49. The zero-order valence-electron chi connectivity index (χ0n) is 15.7. The van der Waals surface area contributed by atoms with E-state index in [0.717, 1.165) is 17.9 Å². The first kappa shape index (κ1) is 17.3. The largest absolute Gasteiger partial charge is 0.372 e. The summed E-state index contributed by atoms with van der Waals surface area (Å²) < 4.78 is 6.35. The summed E-state index contributed by atoms with van der Waals surface area (Å²) >= 11 is 6.52. The van der Waals surface area contributed by atoms with Crippen molar-refractivity contribution in [1.29, 1.82) is 0 Å². The van der Waals surface area contributed by atoms with Gasteiger partial charge in [0.15, 0.2) is 0 Å². The molecule has 2 aromatic rings. The van der Waals surface area contributed by atoms with Gasteiger partial charge in [-0.25, -0.2) is 0 Å². The SMILES string of the molecule is Clc1ccc([C@@H]2C=CCC3(CC3)O2)cc1Cc1ccc(N2CCCC2)cc1. The molecule has 140 valence electrons. The number of rotatable bonds is 4. The molecule has 5 rings (SSSR count). The monoisotopic (exact) mass is 379 g/mol. The summed E-state index contributed by atoms with van der Waals surface area (Å²) in [7, 11) is 0. The van der Waals surface area contributed by atoms with Crippen LogP contribution in [-0.2, 0) is 11.2 Å². The topological polar surface area (TPSA) is 12.5 Å². The van der Waals surface area contributed by atoms with Gasteiger partial charge in [-0.1, -0.05) is 48.0 Å². The first-order valence-corrected chi connectivity index (χ1v) is 10.6. The minimum absolute atomic E-state index is 0.0646. The first-order valence-electron chi connectivity index (χ1n) is 10.2. The molecule has 0 bridgehead atoms. The van der Waals surface area contributed by atoms with Gasteiger partial charge < -0.3 is 9.64 Å². The summed E-state index contributed by atoms with van der Waals surface area (Å²) in [6, 6.07) is 15.4. The molecule has 0 aromatic heterocycles. The molecule has 0 radical (unpaired) electrons. The summed E-state index contributed by atoms with van der Waals surface area (Å²) in [5.41, 5.74) is 5.16. The summed E-state index contributed by atoms with van der Waals surface area (Å²) in [5, 5.41) is 0.836. The number of halogens is 1. The molecule has 2 nitrogen and oxygen atoms in total. The van der Waals surface area contributed by atoms with Crippen LogP contribution in [0.15, 0.2) is 54.6 Å². The van der Waals surface area contributed by atoms with Crippen molar-refractivity contribution in [2.24, 2.45) is 0 Å². The Bertz CT molecular complexity index is 847. The maximum atomic E-state index is 6.52. The van der Waals surface area contributed by atoms with E-state index in [-0.39, 0.29) is 11.7 Å². The third-order valence-corrected chi connectivity index (χ3v) is 6.55. The van der Waals surface area contributed by atoms with Crippen LogP contribution in [0.5, 0.6) is 0 Å². The van der Waals surface area contributed by atoms with Crippen LogP contribution in [0, 0.1) is 0 Å². The van der Waals surface area contributed by atoms with E-state index in [1.165, 1.54) is 61.2 Å². The molecular weight excluding hydrogens is 354 g/mol. The molecule has 2 fully saturated rings. The highest BCUT2D eigenvalue weighted by molar-refractivity contribution is 6.31. The number of ether oxygens (including phenoxy) is 1. The molecule has 2 aliphatic heterocycles. The number of hydrogen-bond acceptors (Lipinski definition) is 2. The maximum Gasteiger partial charge on any atom is 0.101 e. The van der Waals surface area contributed by atoms with Gasteiger partial charge in [0.1, 0.15) is 6.10 Å². The lowest BCUT2D eigenvalue weighted by atomic mass is 9.98. The predicted octanol–water partition coefficient (Wildman–Crippen LogP) is 6.08. The lowest BCUT2D eigenvalue weighted by Gasteiger charge is -2.26. The molecule has 2 aromatic carbocycles. The standard InChI is InChI=1S/C24H26ClNO/c25-22-10-7-19(23-4-3-11-24(27-23)12-13-24)17-20(22)16-18-5-8-21(9-6-18)26-14-1-2-15-26/h3-10,17,23H,1-2,11-16H2/t23-/m0/s1. The summed E-state index contributed by atoms with van der Waals surface area (Å²) in [6.07, 6.45) is 11.5. The van der Waals surface area contributed by atoms with Crippen LogP contribution in [0.2, 0.25) is 5.02 Å². The van der Waals surface area contributed by atoms with Gasteiger partial charge in [-0.15, -0.1) is 0 Å². The van der Waals surface area contributed by atoms with Crippen LogP contribution in [0.3, 0.4) is 0 Å². The van der Waals surface area contributed by atoms with E-state index < -0.39 is 0 Å². The van der Waals surface area contributed by atoms with Gasteiger partial charge >= 0.3 is 0 Å². The molecular formula is C24H26ClNO. The lowest BCUT2D eigenvalue weighted by Crippen LogP contribution is -2.20. The van der Waals surface area contributed by atoms with Crippen LogP contribution in [-0.4, -0.2) is 18.7 Å².